The van der Waals surface area contributed by atoms with Gasteiger partial charge in [-0.1, -0.05) is 42.5 Å². The fourth-order valence-corrected chi connectivity index (χ4v) is 6.78. The molecule has 228 valence electrons. The number of aliphatic hydroxyl groups is 1. The zero-order valence-corrected chi connectivity index (χ0v) is 25.4. The minimum Gasteiger partial charge on any atom is -0.497 e. The highest BCUT2D eigenvalue weighted by atomic mass is 32.3. The largest absolute Gasteiger partial charge is 0.497 e. The molecule has 4 rings (SSSR count). The standard InChI is InChI=1S/C32H44N4O5S/c1-23(2)34-27-18-26(19-28(20-27)36-14-7-8-15-42(36,39)40)32(38)35-30(17-24-10-5-4-6-11-24)31(37)22-33-21-25-12-9-13-29(16-25)41-3/h4-6,9-13,16,18-20,23,30-31,33-34,37,39-40H,7-8,14-15,17,21-22H2,1-3H3,(H,35,38)/t30-,31+/m0/s1. The molecule has 0 unspecified atom stereocenters. The van der Waals surface area contributed by atoms with Crippen LogP contribution >= 0.6 is 10.8 Å². The molecule has 6 N–H and O–H groups in total. The number of nitrogens with zero attached hydrogens (tertiary/aromatic N) is 1. The number of hydrogen-bond donors (Lipinski definition) is 6. The number of rotatable bonds is 13. The van der Waals surface area contributed by atoms with Crippen LogP contribution < -0.4 is 25.0 Å². The molecule has 0 aliphatic carbocycles. The summed E-state index contributed by atoms with van der Waals surface area (Å²) >= 11 is 0. The molecule has 0 bridgehead atoms. The predicted molar refractivity (Wildman–Crippen MR) is 172 cm³/mol. The third-order valence-corrected chi connectivity index (χ3v) is 9.14. The number of anilines is 2. The molecule has 0 radical (unpaired) electrons. The average molecular weight is 597 g/mol. The van der Waals surface area contributed by atoms with Crippen LogP contribution in [-0.2, 0) is 13.0 Å². The van der Waals surface area contributed by atoms with E-state index in [1.54, 1.807) is 23.5 Å². The average Bonchev–Trinajstić information content (AvgIpc) is 2.96. The lowest BCUT2D eigenvalue weighted by molar-refractivity contribution is 0.0830. The van der Waals surface area contributed by atoms with Gasteiger partial charge in [-0.3, -0.25) is 18.2 Å². The van der Waals surface area contributed by atoms with Crippen LogP contribution in [0.15, 0.2) is 72.8 Å². The summed E-state index contributed by atoms with van der Waals surface area (Å²) in [6.45, 7) is 5.32. The first-order valence-corrected chi connectivity index (χ1v) is 16.1. The zero-order valence-electron chi connectivity index (χ0n) is 24.6. The Hall–Kier alpha value is -3.28. The highest BCUT2D eigenvalue weighted by Gasteiger charge is 2.29. The molecule has 1 amide bonds. The molecular weight excluding hydrogens is 552 g/mol. The summed E-state index contributed by atoms with van der Waals surface area (Å²) in [5.74, 6) is 0.734. The van der Waals surface area contributed by atoms with Crippen molar-refractivity contribution < 1.29 is 23.7 Å². The van der Waals surface area contributed by atoms with Crippen molar-refractivity contribution in [2.75, 3.05) is 35.6 Å². The van der Waals surface area contributed by atoms with E-state index < -0.39 is 22.9 Å². The van der Waals surface area contributed by atoms with Crippen LogP contribution in [0.1, 0.15) is 48.2 Å². The van der Waals surface area contributed by atoms with Gasteiger partial charge in [0.25, 0.3) is 5.91 Å². The second-order valence-corrected chi connectivity index (χ2v) is 13.1. The van der Waals surface area contributed by atoms with Crippen molar-refractivity contribution in [2.45, 2.75) is 57.8 Å². The molecule has 1 heterocycles. The number of methoxy groups -OCH3 is 1. The van der Waals surface area contributed by atoms with Gasteiger partial charge in [-0.2, -0.15) is 0 Å². The second-order valence-electron chi connectivity index (χ2n) is 11.0. The van der Waals surface area contributed by atoms with E-state index in [2.05, 4.69) is 16.0 Å². The highest BCUT2D eigenvalue weighted by molar-refractivity contribution is 8.25. The van der Waals surface area contributed by atoms with Crippen molar-refractivity contribution in [2.24, 2.45) is 0 Å². The minimum atomic E-state index is -2.96. The zero-order chi connectivity index (χ0) is 30.1. The maximum absolute atomic E-state index is 13.7. The first kappa shape index (κ1) is 31.7. The van der Waals surface area contributed by atoms with Crippen molar-refractivity contribution in [3.8, 4) is 5.75 Å². The van der Waals surface area contributed by atoms with E-state index in [1.807, 2.05) is 74.5 Å². The van der Waals surface area contributed by atoms with Crippen LogP contribution in [0.3, 0.4) is 0 Å². The molecule has 1 saturated heterocycles. The van der Waals surface area contributed by atoms with Crippen molar-refractivity contribution >= 4 is 28.1 Å². The number of hydrogen-bond acceptors (Lipinski definition) is 8. The third-order valence-electron chi connectivity index (χ3n) is 7.20. The summed E-state index contributed by atoms with van der Waals surface area (Å²) in [4.78, 5) is 13.7. The van der Waals surface area contributed by atoms with E-state index in [-0.39, 0.29) is 18.5 Å². The fraction of sp³-hybridized carbons (Fsp3) is 0.406. The maximum Gasteiger partial charge on any atom is 0.251 e. The first-order chi connectivity index (χ1) is 20.1. The highest BCUT2D eigenvalue weighted by Crippen LogP contribution is 2.50. The SMILES string of the molecule is COc1cccc(CNC[C@@H](O)[C@H](Cc2ccccc2)NC(=O)c2cc(NC(C)C)cc(N3CCCCS3(O)O)c2)c1. The molecule has 42 heavy (non-hydrogen) atoms. The van der Waals surface area contributed by atoms with Gasteiger partial charge in [0.2, 0.25) is 0 Å². The Bertz CT molecular complexity index is 1310. The topological polar surface area (TPSA) is 126 Å². The normalized spacial score (nSPS) is 16.9. The van der Waals surface area contributed by atoms with E-state index in [0.717, 1.165) is 29.7 Å². The smallest absolute Gasteiger partial charge is 0.251 e. The molecule has 3 aromatic rings. The van der Waals surface area contributed by atoms with Gasteiger partial charge in [0.1, 0.15) is 5.75 Å². The van der Waals surface area contributed by atoms with Crippen molar-refractivity contribution in [1.82, 2.24) is 10.6 Å². The number of carbonyl (C=O) groups is 1. The Labute approximate surface area is 250 Å². The Morgan fingerprint density at radius 3 is 2.48 bits per heavy atom. The lowest BCUT2D eigenvalue weighted by Crippen LogP contribution is -2.48. The van der Waals surface area contributed by atoms with Crippen LogP contribution in [0, 0.1) is 0 Å². The molecule has 1 aliphatic rings. The van der Waals surface area contributed by atoms with Crippen LogP contribution in [0.4, 0.5) is 11.4 Å². The fourth-order valence-electron chi connectivity index (χ4n) is 5.10. The molecule has 9 nitrogen and oxygen atoms in total. The molecule has 0 spiro atoms. The van der Waals surface area contributed by atoms with E-state index in [1.165, 1.54) is 0 Å². The summed E-state index contributed by atoms with van der Waals surface area (Å²) in [5.41, 5.74) is 3.70. The van der Waals surface area contributed by atoms with Gasteiger partial charge in [0.15, 0.2) is 0 Å². The molecule has 0 saturated carbocycles. The van der Waals surface area contributed by atoms with Crippen LogP contribution in [0.5, 0.6) is 5.75 Å². The number of aliphatic hydroxyl groups excluding tert-OH is 1. The van der Waals surface area contributed by atoms with Crippen LogP contribution in [0.25, 0.3) is 0 Å². The van der Waals surface area contributed by atoms with E-state index >= 15 is 0 Å². The molecule has 3 aromatic carbocycles. The third kappa shape index (κ3) is 8.86. The molecular formula is C32H44N4O5S. The monoisotopic (exact) mass is 596 g/mol. The number of benzene rings is 3. The maximum atomic E-state index is 13.7. The van der Waals surface area contributed by atoms with Gasteiger partial charge < -0.3 is 25.8 Å². The van der Waals surface area contributed by atoms with Crippen molar-refractivity contribution in [3.63, 3.8) is 0 Å². The lowest BCUT2D eigenvalue weighted by atomic mass is 10.00. The van der Waals surface area contributed by atoms with E-state index in [4.69, 9.17) is 4.74 Å². The molecule has 0 aromatic heterocycles. The second kappa shape index (κ2) is 14.8. The Kier molecular flexibility index (Phi) is 11.1. The molecule has 2 atom stereocenters. The molecule has 10 heteroatoms. The van der Waals surface area contributed by atoms with Crippen molar-refractivity contribution in [3.05, 3.63) is 89.5 Å². The van der Waals surface area contributed by atoms with E-state index in [0.29, 0.717) is 42.2 Å². The van der Waals surface area contributed by atoms with Gasteiger partial charge in [0.05, 0.1) is 30.7 Å². The van der Waals surface area contributed by atoms with Crippen LogP contribution in [0.2, 0.25) is 0 Å². The number of amides is 1. The lowest BCUT2D eigenvalue weighted by Gasteiger charge is -2.47. The predicted octanol–water partition coefficient (Wildman–Crippen LogP) is 5.27. The Morgan fingerprint density at radius 2 is 1.76 bits per heavy atom. The summed E-state index contributed by atoms with van der Waals surface area (Å²) in [6, 6.07) is 22.3. The number of ether oxygens (including phenoxy) is 1. The molecule has 1 aliphatic heterocycles. The summed E-state index contributed by atoms with van der Waals surface area (Å²) in [6.07, 6.45) is 1.16. The quantitative estimate of drug-likeness (QED) is 0.158. The van der Waals surface area contributed by atoms with Gasteiger partial charge in [0, 0.05) is 36.9 Å². The summed E-state index contributed by atoms with van der Waals surface area (Å²) in [5, 5.41) is 21.0. The Balaban J connectivity index is 1.54. The van der Waals surface area contributed by atoms with Gasteiger partial charge in [-0.25, -0.2) is 0 Å². The van der Waals surface area contributed by atoms with Gasteiger partial charge >= 0.3 is 0 Å². The number of carbonyl (C=O) groups excluding carboxylic acids is 1. The minimum absolute atomic E-state index is 0.112. The molecule has 1 fully saturated rings. The van der Waals surface area contributed by atoms with Gasteiger partial charge in [-0.15, -0.1) is 10.8 Å². The first-order valence-electron chi connectivity index (χ1n) is 14.5. The van der Waals surface area contributed by atoms with Crippen LogP contribution in [-0.4, -0.2) is 64.3 Å². The number of nitrogens with one attached hydrogen (secondary N) is 3. The van der Waals surface area contributed by atoms with Gasteiger partial charge in [-0.05, 0) is 74.6 Å². The van der Waals surface area contributed by atoms with Crippen molar-refractivity contribution in [1.29, 1.82) is 0 Å². The Morgan fingerprint density at radius 1 is 1.00 bits per heavy atom. The van der Waals surface area contributed by atoms with E-state index in [9.17, 15) is 19.0 Å². The summed E-state index contributed by atoms with van der Waals surface area (Å²) in [7, 11) is -1.33. The summed E-state index contributed by atoms with van der Waals surface area (Å²) < 4.78 is 28.5.